The topological polar surface area (TPSA) is 44.0 Å². The fourth-order valence-corrected chi connectivity index (χ4v) is 1.53. The van der Waals surface area contributed by atoms with Crippen LogP contribution in [0.15, 0.2) is 12.1 Å². The predicted octanol–water partition coefficient (Wildman–Crippen LogP) is 2.91. The third kappa shape index (κ3) is 2.05. The molecule has 0 fully saturated rings. The summed E-state index contributed by atoms with van der Waals surface area (Å²) in [7, 11) is 0. The molecule has 0 bridgehead atoms. The molecule has 0 unspecified atom stereocenters. The molecule has 0 aromatic heterocycles. The lowest BCUT2D eigenvalue weighted by molar-refractivity contribution is 0.466. The lowest BCUT2D eigenvalue weighted by atomic mass is 9.98. The highest BCUT2D eigenvalue weighted by molar-refractivity contribution is 5.48. The summed E-state index contributed by atoms with van der Waals surface area (Å²) in [4.78, 5) is 0. The Morgan fingerprint density at radius 2 is 2.14 bits per heavy atom. The first-order valence-electron chi connectivity index (χ1n) is 4.92. The van der Waals surface area contributed by atoms with Crippen LogP contribution in [0.1, 0.15) is 36.5 Å². The number of nitrogens with zero attached hydrogens (tertiary/aromatic N) is 1. The van der Waals surface area contributed by atoms with Crippen molar-refractivity contribution in [1.29, 1.82) is 5.26 Å². The maximum Gasteiger partial charge on any atom is 0.119 e. The van der Waals surface area contributed by atoms with E-state index in [0.29, 0.717) is 11.3 Å². The van der Waals surface area contributed by atoms with Crippen molar-refractivity contribution in [3.63, 3.8) is 0 Å². The predicted molar refractivity (Wildman–Crippen MR) is 56.2 cm³/mol. The first-order chi connectivity index (χ1) is 6.70. The number of rotatable bonds is 3. The standard InChI is InChI=1S/C12H15NO/c1-3-4-5-11-9(2)10(8-13)6-7-12(11)14/h6-7,14H,3-5H2,1-2H3. The van der Waals surface area contributed by atoms with Crippen molar-refractivity contribution in [1.82, 2.24) is 0 Å². The third-order valence-electron chi connectivity index (χ3n) is 2.47. The number of phenolic OH excluding ortho intramolecular Hbond substituents is 1. The van der Waals surface area contributed by atoms with Crippen molar-refractivity contribution in [2.75, 3.05) is 0 Å². The molecule has 0 radical (unpaired) electrons. The van der Waals surface area contributed by atoms with E-state index < -0.39 is 0 Å². The molecule has 0 spiro atoms. The Labute approximate surface area is 84.8 Å². The van der Waals surface area contributed by atoms with E-state index in [0.717, 1.165) is 30.4 Å². The van der Waals surface area contributed by atoms with Gasteiger partial charge in [0.05, 0.1) is 11.6 Å². The van der Waals surface area contributed by atoms with Crippen LogP contribution < -0.4 is 0 Å². The Morgan fingerprint density at radius 1 is 1.43 bits per heavy atom. The van der Waals surface area contributed by atoms with Crippen LogP contribution in [-0.4, -0.2) is 5.11 Å². The molecule has 1 N–H and O–H groups in total. The van der Waals surface area contributed by atoms with Crippen LogP contribution in [0.4, 0.5) is 0 Å². The van der Waals surface area contributed by atoms with Gasteiger partial charge in [-0.15, -0.1) is 0 Å². The zero-order chi connectivity index (χ0) is 10.6. The van der Waals surface area contributed by atoms with Crippen molar-refractivity contribution < 1.29 is 5.11 Å². The molecule has 0 amide bonds. The number of hydrogen-bond donors (Lipinski definition) is 1. The van der Waals surface area contributed by atoms with Gasteiger partial charge in [-0.2, -0.15) is 5.26 Å². The molecule has 14 heavy (non-hydrogen) atoms. The van der Waals surface area contributed by atoms with Crippen LogP contribution in [0.25, 0.3) is 0 Å². The highest BCUT2D eigenvalue weighted by atomic mass is 16.3. The van der Waals surface area contributed by atoms with Gasteiger partial charge in [0.25, 0.3) is 0 Å². The summed E-state index contributed by atoms with van der Waals surface area (Å²) in [6, 6.07) is 5.40. The number of nitriles is 1. The van der Waals surface area contributed by atoms with E-state index in [9.17, 15) is 5.11 Å². The molecule has 0 atom stereocenters. The van der Waals surface area contributed by atoms with Gasteiger partial charge in [0, 0.05) is 0 Å². The van der Waals surface area contributed by atoms with Gasteiger partial charge >= 0.3 is 0 Å². The fraction of sp³-hybridized carbons (Fsp3) is 0.417. The first-order valence-corrected chi connectivity index (χ1v) is 4.92. The molecule has 0 saturated heterocycles. The normalized spacial score (nSPS) is 9.79. The summed E-state index contributed by atoms with van der Waals surface area (Å²) in [6.07, 6.45) is 2.99. The van der Waals surface area contributed by atoms with Crippen LogP contribution in [0, 0.1) is 18.3 Å². The van der Waals surface area contributed by atoms with Gasteiger partial charge in [0.2, 0.25) is 0 Å². The number of aromatic hydroxyl groups is 1. The fourth-order valence-electron chi connectivity index (χ4n) is 1.53. The quantitative estimate of drug-likeness (QED) is 0.794. The second-order valence-electron chi connectivity index (χ2n) is 3.45. The maximum absolute atomic E-state index is 9.63. The van der Waals surface area contributed by atoms with Gasteiger partial charge in [0.1, 0.15) is 5.75 Å². The van der Waals surface area contributed by atoms with E-state index in [1.807, 2.05) is 6.92 Å². The zero-order valence-electron chi connectivity index (χ0n) is 8.67. The average molecular weight is 189 g/mol. The van der Waals surface area contributed by atoms with Crippen LogP contribution in [0.5, 0.6) is 5.75 Å². The Kier molecular flexibility index (Phi) is 3.53. The lowest BCUT2D eigenvalue weighted by Gasteiger charge is -2.08. The van der Waals surface area contributed by atoms with Crippen molar-refractivity contribution >= 4 is 0 Å². The molecule has 1 aromatic carbocycles. The molecule has 0 heterocycles. The molecule has 0 saturated carbocycles. The molecule has 0 aliphatic heterocycles. The highest BCUT2D eigenvalue weighted by Gasteiger charge is 2.08. The second-order valence-corrected chi connectivity index (χ2v) is 3.45. The van der Waals surface area contributed by atoms with Crippen molar-refractivity contribution in [3.05, 3.63) is 28.8 Å². The molecular weight excluding hydrogens is 174 g/mol. The van der Waals surface area contributed by atoms with E-state index in [-0.39, 0.29) is 0 Å². The van der Waals surface area contributed by atoms with Crippen molar-refractivity contribution in [2.24, 2.45) is 0 Å². The molecule has 0 aliphatic carbocycles. The van der Waals surface area contributed by atoms with Crippen LogP contribution in [0.2, 0.25) is 0 Å². The molecule has 2 nitrogen and oxygen atoms in total. The summed E-state index contributed by atoms with van der Waals surface area (Å²) in [5, 5.41) is 18.5. The average Bonchev–Trinajstić information content (AvgIpc) is 2.18. The first kappa shape index (κ1) is 10.6. The van der Waals surface area contributed by atoms with E-state index in [1.165, 1.54) is 0 Å². The maximum atomic E-state index is 9.63. The Balaban J connectivity index is 3.07. The van der Waals surface area contributed by atoms with Gasteiger partial charge in [-0.1, -0.05) is 13.3 Å². The molecule has 1 rings (SSSR count). The molecule has 0 aliphatic rings. The number of hydrogen-bond acceptors (Lipinski definition) is 2. The zero-order valence-corrected chi connectivity index (χ0v) is 8.67. The van der Waals surface area contributed by atoms with E-state index in [4.69, 9.17) is 5.26 Å². The monoisotopic (exact) mass is 189 g/mol. The number of unbranched alkanes of at least 4 members (excludes halogenated alkanes) is 1. The highest BCUT2D eigenvalue weighted by Crippen LogP contribution is 2.25. The van der Waals surface area contributed by atoms with E-state index in [2.05, 4.69) is 13.0 Å². The molecule has 74 valence electrons. The van der Waals surface area contributed by atoms with Crippen molar-refractivity contribution in [3.8, 4) is 11.8 Å². The minimum atomic E-state index is 0.315. The Hall–Kier alpha value is -1.49. The van der Waals surface area contributed by atoms with Gasteiger partial charge in [-0.25, -0.2) is 0 Å². The number of phenols is 1. The Bertz CT molecular complexity index is 363. The van der Waals surface area contributed by atoms with Crippen LogP contribution in [0.3, 0.4) is 0 Å². The van der Waals surface area contributed by atoms with Crippen LogP contribution in [-0.2, 0) is 6.42 Å². The van der Waals surface area contributed by atoms with E-state index in [1.54, 1.807) is 12.1 Å². The largest absolute Gasteiger partial charge is 0.508 e. The van der Waals surface area contributed by atoms with Crippen molar-refractivity contribution in [2.45, 2.75) is 33.1 Å². The van der Waals surface area contributed by atoms with E-state index >= 15 is 0 Å². The molecule has 2 heteroatoms. The summed E-state index contributed by atoms with van der Waals surface area (Å²) in [6.45, 7) is 4.00. The summed E-state index contributed by atoms with van der Waals surface area (Å²) >= 11 is 0. The smallest absolute Gasteiger partial charge is 0.119 e. The lowest BCUT2D eigenvalue weighted by Crippen LogP contribution is -1.93. The van der Waals surface area contributed by atoms with Gasteiger partial charge in [-0.3, -0.25) is 0 Å². The summed E-state index contributed by atoms with van der Waals surface area (Å²) in [5.41, 5.74) is 2.50. The van der Waals surface area contributed by atoms with Gasteiger partial charge < -0.3 is 5.11 Å². The summed E-state index contributed by atoms with van der Waals surface area (Å²) in [5.74, 6) is 0.315. The SMILES string of the molecule is CCCCc1c(O)ccc(C#N)c1C. The third-order valence-corrected chi connectivity index (χ3v) is 2.47. The van der Waals surface area contributed by atoms with Crippen LogP contribution >= 0.6 is 0 Å². The minimum absolute atomic E-state index is 0.315. The Morgan fingerprint density at radius 3 is 2.71 bits per heavy atom. The molecular formula is C12H15NO. The number of benzene rings is 1. The molecule has 1 aromatic rings. The minimum Gasteiger partial charge on any atom is -0.508 e. The van der Waals surface area contributed by atoms with Gasteiger partial charge in [0.15, 0.2) is 0 Å². The van der Waals surface area contributed by atoms with Gasteiger partial charge in [-0.05, 0) is 43.0 Å². The summed E-state index contributed by atoms with van der Waals surface area (Å²) < 4.78 is 0. The second kappa shape index (κ2) is 4.66.